The molecule has 0 radical (unpaired) electrons. The molecule has 0 amide bonds. The topological polar surface area (TPSA) is 43.4 Å². The van der Waals surface area contributed by atoms with E-state index in [0.29, 0.717) is 18.6 Å². The second kappa shape index (κ2) is 4.74. The van der Waals surface area contributed by atoms with Crippen LogP contribution >= 0.6 is 0 Å². The van der Waals surface area contributed by atoms with E-state index in [4.69, 9.17) is 4.74 Å². The van der Waals surface area contributed by atoms with Crippen molar-refractivity contribution in [3.63, 3.8) is 0 Å². The first-order chi connectivity index (χ1) is 6.66. The monoisotopic (exact) mass is 194 g/mol. The Morgan fingerprint density at radius 1 is 1.64 bits per heavy atom. The van der Waals surface area contributed by atoms with E-state index < -0.39 is 0 Å². The summed E-state index contributed by atoms with van der Waals surface area (Å²) in [5, 5.41) is 0. The minimum atomic E-state index is -0.389. The van der Waals surface area contributed by atoms with Crippen LogP contribution in [-0.4, -0.2) is 18.4 Å². The van der Waals surface area contributed by atoms with E-state index in [1.807, 2.05) is 0 Å². The van der Waals surface area contributed by atoms with Gasteiger partial charge in [0.2, 0.25) is 0 Å². The highest BCUT2D eigenvalue weighted by Crippen LogP contribution is 2.18. The van der Waals surface area contributed by atoms with Gasteiger partial charge in [0, 0.05) is 17.9 Å². The van der Waals surface area contributed by atoms with Gasteiger partial charge in [0.25, 0.3) is 0 Å². The second-order valence-corrected chi connectivity index (χ2v) is 3.16. The maximum absolute atomic E-state index is 11.4. The van der Waals surface area contributed by atoms with E-state index in [1.165, 1.54) is 0 Å². The third-order valence-electron chi connectivity index (χ3n) is 2.19. The number of ether oxygens (including phenoxy) is 1. The SMILES string of the molecule is CCOC(=O)C1=CC=CCC(=O)C1C. The van der Waals surface area contributed by atoms with Gasteiger partial charge in [-0.2, -0.15) is 0 Å². The Hall–Kier alpha value is -1.38. The van der Waals surface area contributed by atoms with Crippen molar-refractivity contribution in [1.29, 1.82) is 0 Å². The van der Waals surface area contributed by atoms with Crippen LogP contribution in [0.15, 0.2) is 23.8 Å². The molecule has 3 heteroatoms. The van der Waals surface area contributed by atoms with Gasteiger partial charge in [0.05, 0.1) is 6.61 Å². The summed E-state index contributed by atoms with van der Waals surface area (Å²) in [6.45, 7) is 3.82. The molecule has 1 atom stereocenters. The van der Waals surface area contributed by atoms with E-state index in [-0.39, 0.29) is 17.7 Å². The first-order valence-electron chi connectivity index (χ1n) is 4.73. The van der Waals surface area contributed by atoms with Crippen molar-refractivity contribution in [2.45, 2.75) is 20.3 Å². The number of carbonyl (C=O) groups is 2. The summed E-state index contributed by atoms with van der Waals surface area (Å²) in [6.07, 6.45) is 5.53. The van der Waals surface area contributed by atoms with Crippen molar-refractivity contribution >= 4 is 11.8 Å². The number of hydrogen-bond donors (Lipinski definition) is 0. The molecule has 0 saturated heterocycles. The number of Topliss-reactive ketones (excluding diaryl/α,β-unsaturated/α-hetero) is 1. The zero-order valence-corrected chi connectivity index (χ0v) is 8.45. The molecule has 0 aromatic heterocycles. The fraction of sp³-hybridized carbons (Fsp3) is 0.455. The van der Waals surface area contributed by atoms with E-state index in [1.54, 1.807) is 32.1 Å². The lowest BCUT2D eigenvalue weighted by Crippen LogP contribution is -2.19. The molecule has 0 bridgehead atoms. The molecule has 0 saturated carbocycles. The molecule has 0 spiro atoms. The highest BCUT2D eigenvalue weighted by molar-refractivity contribution is 5.98. The second-order valence-electron chi connectivity index (χ2n) is 3.16. The highest BCUT2D eigenvalue weighted by atomic mass is 16.5. The van der Waals surface area contributed by atoms with Crippen molar-refractivity contribution in [1.82, 2.24) is 0 Å². The number of carbonyl (C=O) groups excluding carboxylic acids is 2. The van der Waals surface area contributed by atoms with Crippen molar-refractivity contribution in [2.75, 3.05) is 6.61 Å². The van der Waals surface area contributed by atoms with Crippen LogP contribution in [-0.2, 0) is 14.3 Å². The summed E-state index contributed by atoms with van der Waals surface area (Å²) in [6, 6.07) is 0. The van der Waals surface area contributed by atoms with Crippen LogP contribution in [0.25, 0.3) is 0 Å². The molecule has 0 N–H and O–H groups in total. The van der Waals surface area contributed by atoms with Crippen LogP contribution in [0.3, 0.4) is 0 Å². The van der Waals surface area contributed by atoms with Crippen LogP contribution in [0.1, 0.15) is 20.3 Å². The molecule has 0 fully saturated rings. The minimum absolute atomic E-state index is 0.0538. The van der Waals surface area contributed by atoms with Crippen LogP contribution in [0.4, 0.5) is 0 Å². The Morgan fingerprint density at radius 3 is 3.00 bits per heavy atom. The van der Waals surface area contributed by atoms with E-state index in [0.717, 1.165) is 0 Å². The lowest BCUT2D eigenvalue weighted by Gasteiger charge is -2.11. The fourth-order valence-corrected chi connectivity index (χ4v) is 1.31. The first kappa shape index (κ1) is 10.7. The van der Waals surface area contributed by atoms with Crippen LogP contribution in [0, 0.1) is 5.92 Å². The normalized spacial score (nSPS) is 21.4. The highest BCUT2D eigenvalue weighted by Gasteiger charge is 2.24. The number of rotatable bonds is 2. The molecule has 0 heterocycles. The molecule has 1 rings (SSSR count). The van der Waals surface area contributed by atoms with Gasteiger partial charge in [-0.25, -0.2) is 4.79 Å². The smallest absolute Gasteiger partial charge is 0.334 e. The summed E-state index contributed by atoms with van der Waals surface area (Å²) in [5.41, 5.74) is 0.450. The molecular weight excluding hydrogens is 180 g/mol. The zero-order chi connectivity index (χ0) is 10.6. The first-order valence-corrected chi connectivity index (χ1v) is 4.73. The average Bonchev–Trinajstić information content (AvgIpc) is 2.31. The number of allylic oxidation sites excluding steroid dienone is 3. The van der Waals surface area contributed by atoms with Gasteiger partial charge in [-0.15, -0.1) is 0 Å². The largest absolute Gasteiger partial charge is 0.463 e. The van der Waals surface area contributed by atoms with Gasteiger partial charge < -0.3 is 4.74 Å². The fourth-order valence-electron chi connectivity index (χ4n) is 1.31. The Morgan fingerprint density at radius 2 is 2.36 bits per heavy atom. The Kier molecular flexibility index (Phi) is 3.63. The Labute approximate surface area is 83.4 Å². The maximum Gasteiger partial charge on any atom is 0.334 e. The third kappa shape index (κ3) is 2.31. The Balaban J connectivity index is 2.84. The van der Waals surface area contributed by atoms with Crippen LogP contribution in [0.5, 0.6) is 0 Å². The predicted molar refractivity (Wildman–Crippen MR) is 52.6 cm³/mol. The molecule has 0 aliphatic heterocycles. The quantitative estimate of drug-likeness (QED) is 0.628. The van der Waals surface area contributed by atoms with Crippen molar-refractivity contribution in [3.8, 4) is 0 Å². The molecule has 3 nitrogen and oxygen atoms in total. The molecule has 14 heavy (non-hydrogen) atoms. The van der Waals surface area contributed by atoms with Crippen molar-refractivity contribution in [2.24, 2.45) is 5.92 Å². The maximum atomic E-state index is 11.4. The average molecular weight is 194 g/mol. The van der Waals surface area contributed by atoms with Gasteiger partial charge in [-0.1, -0.05) is 25.2 Å². The molecule has 0 aromatic carbocycles. The standard InChI is InChI=1S/C11H14O3/c1-3-14-11(13)9-6-4-5-7-10(12)8(9)2/h4-6,8H,3,7H2,1-2H3. The van der Waals surface area contributed by atoms with Crippen molar-refractivity contribution < 1.29 is 14.3 Å². The van der Waals surface area contributed by atoms with Crippen LogP contribution in [0.2, 0.25) is 0 Å². The molecule has 1 aliphatic carbocycles. The lowest BCUT2D eigenvalue weighted by atomic mass is 9.96. The summed E-state index contributed by atoms with van der Waals surface area (Å²) < 4.78 is 4.86. The molecule has 1 unspecified atom stereocenters. The van der Waals surface area contributed by atoms with Gasteiger partial charge in [-0.3, -0.25) is 4.79 Å². The van der Waals surface area contributed by atoms with Gasteiger partial charge in [-0.05, 0) is 6.92 Å². The third-order valence-corrected chi connectivity index (χ3v) is 2.19. The van der Waals surface area contributed by atoms with E-state index >= 15 is 0 Å². The summed E-state index contributed by atoms with van der Waals surface area (Å²) in [4.78, 5) is 22.9. The molecule has 0 aromatic rings. The molecule has 1 aliphatic rings. The van der Waals surface area contributed by atoms with Gasteiger partial charge in [0.1, 0.15) is 5.78 Å². The van der Waals surface area contributed by atoms with Gasteiger partial charge >= 0.3 is 5.97 Å². The number of esters is 1. The number of ketones is 1. The van der Waals surface area contributed by atoms with E-state index in [2.05, 4.69) is 0 Å². The minimum Gasteiger partial charge on any atom is -0.463 e. The predicted octanol–water partition coefficient (Wildman–Crippen LogP) is 1.64. The zero-order valence-electron chi connectivity index (χ0n) is 8.45. The lowest BCUT2D eigenvalue weighted by molar-refractivity contribution is -0.140. The van der Waals surface area contributed by atoms with Crippen molar-refractivity contribution in [3.05, 3.63) is 23.8 Å². The summed E-state index contributed by atoms with van der Waals surface area (Å²) in [5.74, 6) is -0.693. The number of hydrogen-bond acceptors (Lipinski definition) is 3. The summed E-state index contributed by atoms with van der Waals surface area (Å²) in [7, 11) is 0. The molecular formula is C11H14O3. The molecule has 76 valence electrons. The Bertz CT molecular complexity index is 300. The van der Waals surface area contributed by atoms with E-state index in [9.17, 15) is 9.59 Å². The summed E-state index contributed by atoms with van der Waals surface area (Å²) >= 11 is 0. The van der Waals surface area contributed by atoms with Gasteiger partial charge in [0.15, 0.2) is 0 Å². The van der Waals surface area contributed by atoms with Crippen LogP contribution < -0.4 is 0 Å².